The monoisotopic (exact) mass is 295 g/mol. The third-order valence-electron chi connectivity index (χ3n) is 3.10. The number of carboxylic acids is 1. The first-order valence-corrected chi connectivity index (χ1v) is 6.06. The molecule has 21 heavy (non-hydrogen) atoms. The molecule has 0 fully saturated rings. The molecular formula is C15H12F3NO2. The maximum atomic E-state index is 12.9. The topological polar surface area (TPSA) is 63.3 Å². The molecule has 0 aliphatic rings. The van der Waals surface area contributed by atoms with E-state index in [9.17, 15) is 18.0 Å². The van der Waals surface area contributed by atoms with Crippen molar-refractivity contribution in [2.75, 3.05) is 5.73 Å². The van der Waals surface area contributed by atoms with E-state index < -0.39 is 17.7 Å². The number of hydrogen-bond donors (Lipinski definition) is 2. The van der Waals surface area contributed by atoms with E-state index in [0.29, 0.717) is 5.56 Å². The summed E-state index contributed by atoms with van der Waals surface area (Å²) in [6, 6.07) is 9.24. The maximum absolute atomic E-state index is 12.9. The van der Waals surface area contributed by atoms with Crippen LogP contribution >= 0.6 is 0 Å². The lowest BCUT2D eigenvalue weighted by Crippen LogP contribution is -2.10. The largest absolute Gasteiger partial charge is 0.478 e. The van der Waals surface area contributed by atoms with Gasteiger partial charge >= 0.3 is 12.1 Å². The summed E-state index contributed by atoms with van der Waals surface area (Å²) in [5.74, 6) is -1.14. The Bertz CT molecular complexity index is 681. The molecule has 0 aromatic heterocycles. The molecule has 0 radical (unpaired) electrons. The number of nitrogens with two attached hydrogens (primary N) is 1. The number of aromatic carboxylic acids is 1. The molecule has 0 heterocycles. The van der Waals surface area contributed by atoms with Crippen molar-refractivity contribution in [3.8, 4) is 0 Å². The van der Waals surface area contributed by atoms with Gasteiger partial charge in [-0.05, 0) is 29.3 Å². The highest BCUT2D eigenvalue weighted by atomic mass is 19.4. The van der Waals surface area contributed by atoms with Crippen molar-refractivity contribution in [2.24, 2.45) is 0 Å². The molecule has 0 aliphatic heterocycles. The molecule has 6 heteroatoms. The van der Waals surface area contributed by atoms with Crippen LogP contribution in [0.25, 0.3) is 0 Å². The molecule has 2 rings (SSSR count). The molecule has 0 aliphatic carbocycles. The summed E-state index contributed by atoms with van der Waals surface area (Å²) < 4.78 is 38.7. The Labute approximate surface area is 118 Å². The van der Waals surface area contributed by atoms with Crippen LogP contribution in [0, 0.1) is 0 Å². The van der Waals surface area contributed by atoms with Crippen LogP contribution < -0.4 is 5.73 Å². The highest BCUT2D eigenvalue weighted by Crippen LogP contribution is 2.33. The van der Waals surface area contributed by atoms with Crippen molar-refractivity contribution in [1.29, 1.82) is 0 Å². The standard InChI is InChI=1S/C15H12F3NO2/c16-15(17,18)12-4-2-1-3-9(12)7-10-5-6-11(14(20)21)8-13(10)19/h1-6,8H,7,19H2,(H,20,21). The summed E-state index contributed by atoms with van der Waals surface area (Å²) in [4.78, 5) is 10.8. The van der Waals surface area contributed by atoms with Crippen LogP contribution in [0.1, 0.15) is 27.0 Å². The number of carbonyl (C=O) groups is 1. The zero-order valence-electron chi connectivity index (χ0n) is 10.8. The summed E-state index contributed by atoms with van der Waals surface area (Å²) >= 11 is 0. The number of carboxylic acid groups (broad SMARTS) is 1. The van der Waals surface area contributed by atoms with Gasteiger partial charge in [0.25, 0.3) is 0 Å². The zero-order chi connectivity index (χ0) is 15.6. The van der Waals surface area contributed by atoms with Crippen molar-refractivity contribution >= 4 is 11.7 Å². The summed E-state index contributed by atoms with van der Waals surface area (Å²) in [7, 11) is 0. The molecule has 2 aromatic carbocycles. The Morgan fingerprint density at radius 2 is 1.76 bits per heavy atom. The van der Waals surface area contributed by atoms with E-state index in [1.54, 1.807) is 0 Å². The third kappa shape index (κ3) is 3.34. The maximum Gasteiger partial charge on any atom is 0.416 e. The fourth-order valence-corrected chi connectivity index (χ4v) is 2.05. The van der Waals surface area contributed by atoms with E-state index in [2.05, 4.69) is 0 Å². The van der Waals surface area contributed by atoms with E-state index in [1.807, 2.05) is 0 Å². The van der Waals surface area contributed by atoms with Gasteiger partial charge in [0.1, 0.15) is 0 Å². The Morgan fingerprint density at radius 1 is 1.10 bits per heavy atom. The summed E-state index contributed by atoms with van der Waals surface area (Å²) in [5, 5.41) is 8.84. The number of nitrogen functional groups attached to an aromatic ring is 1. The second kappa shape index (κ2) is 5.47. The van der Waals surface area contributed by atoms with Crippen LogP contribution in [-0.2, 0) is 12.6 Å². The van der Waals surface area contributed by atoms with Gasteiger partial charge in [-0.1, -0.05) is 24.3 Å². The summed E-state index contributed by atoms with van der Waals surface area (Å²) in [5.41, 5.74) is 5.72. The van der Waals surface area contributed by atoms with Gasteiger partial charge in [-0.25, -0.2) is 4.79 Å². The van der Waals surface area contributed by atoms with E-state index in [4.69, 9.17) is 10.8 Å². The van der Waals surface area contributed by atoms with E-state index >= 15 is 0 Å². The van der Waals surface area contributed by atoms with Gasteiger partial charge in [0.15, 0.2) is 0 Å². The first-order valence-electron chi connectivity index (χ1n) is 6.06. The third-order valence-corrected chi connectivity index (χ3v) is 3.10. The van der Waals surface area contributed by atoms with Crippen LogP contribution in [0.5, 0.6) is 0 Å². The quantitative estimate of drug-likeness (QED) is 0.851. The van der Waals surface area contributed by atoms with Gasteiger partial charge in [0.2, 0.25) is 0 Å². The molecule has 0 bridgehead atoms. The number of hydrogen-bond acceptors (Lipinski definition) is 2. The van der Waals surface area contributed by atoms with Crippen molar-refractivity contribution < 1.29 is 23.1 Å². The zero-order valence-corrected chi connectivity index (χ0v) is 10.8. The van der Waals surface area contributed by atoms with Crippen molar-refractivity contribution in [1.82, 2.24) is 0 Å². The minimum absolute atomic E-state index is 0.000330. The lowest BCUT2D eigenvalue weighted by Gasteiger charge is -2.13. The smallest absolute Gasteiger partial charge is 0.416 e. The Kier molecular flexibility index (Phi) is 3.88. The summed E-state index contributed by atoms with van der Waals surface area (Å²) in [6.07, 6.45) is -4.45. The number of halogens is 3. The lowest BCUT2D eigenvalue weighted by atomic mass is 9.97. The number of alkyl halides is 3. The average Bonchev–Trinajstić information content (AvgIpc) is 2.40. The van der Waals surface area contributed by atoms with Gasteiger partial charge in [-0.15, -0.1) is 0 Å². The minimum atomic E-state index is -4.44. The van der Waals surface area contributed by atoms with Crippen molar-refractivity contribution in [3.63, 3.8) is 0 Å². The van der Waals surface area contributed by atoms with Crippen LogP contribution in [-0.4, -0.2) is 11.1 Å². The van der Waals surface area contributed by atoms with E-state index in [-0.39, 0.29) is 23.2 Å². The SMILES string of the molecule is Nc1cc(C(=O)O)ccc1Cc1ccccc1C(F)(F)F. The molecule has 110 valence electrons. The fraction of sp³-hybridized carbons (Fsp3) is 0.133. The number of rotatable bonds is 3. The second-order valence-electron chi connectivity index (χ2n) is 4.55. The normalized spacial score (nSPS) is 11.4. The van der Waals surface area contributed by atoms with E-state index in [0.717, 1.165) is 6.07 Å². The Morgan fingerprint density at radius 3 is 2.33 bits per heavy atom. The Balaban J connectivity index is 2.38. The van der Waals surface area contributed by atoms with Crippen LogP contribution in [0.3, 0.4) is 0 Å². The predicted octanol–water partition coefficient (Wildman–Crippen LogP) is 3.58. The number of anilines is 1. The molecule has 2 aromatic rings. The molecule has 0 unspecified atom stereocenters. The van der Waals surface area contributed by atoms with Gasteiger partial charge in [-0.3, -0.25) is 0 Å². The van der Waals surface area contributed by atoms with Crippen LogP contribution in [0.2, 0.25) is 0 Å². The van der Waals surface area contributed by atoms with E-state index in [1.165, 1.54) is 36.4 Å². The fourth-order valence-electron chi connectivity index (χ4n) is 2.05. The van der Waals surface area contributed by atoms with Crippen molar-refractivity contribution in [2.45, 2.75) is 12.6 Å². The van der Waals surface area contributed by atoms with Gasteiger partial charge < -0.3 is 10.8 Å². The number of benzene rings is 2. The van der Waals surface area contributed by atoms with Gasteiger partial charge in [0, 0.05) is 12.1 Å². The predicted molar refractivity (Wildman–Crippen MR) is 72.1 cm³/mol. The molecule has 0 amide bonds. The first-order chi connectivity index (χ1) is 9.79. The van der Waals surface area contributed by atoms with Crippen LogP contribution in [0.4, 0.5) is 18.9 Å². The molecule has 0 saturated heterocycles. The molecule has 0 saturated carbocycles. The molecule has 3 N–H and O–H groups in total. The van der Waals surface area contributed by atoms with Crippen LogP contribution in [0.15, 0.2) is 42.5 Å². The van der Waals surface area contributed by atoms with Crippen molar-refractivity contribution in [3.05, 3.63) is 64.7 Å². The first kappa shape index (κ1) is 14.9. The molecule has 0 atom stereocenters. The second-order valence-corrected chi connectivity index (χ2v) is 4.55. The lowest BCUT2D eigenvalue weighted by molar-refractivity contribution is -0.138. The highest BCUT2D eigenvalue weighted by molar-refractivity contribution is 5.89. The van der Waals surface area contributed by atoms with Gasteiger partial charge in [-0.2, -0.15) is 13.2 Å². The molecule has 0 spiro atoms. The average molecular weight is 295 g/mol. The minimum Gasteiger partial charge on any atom is -0.478 e. The van der Waals surface area contributed by atoms with Gasteiger partial charge in [0.05, 0.1) is 11.1 Å². The summed E-state index contributed by atoms with van der Waals surface area (Å²) in [6.45, 7) is 0. The molecule has 3 nitrogen and oxygen atoms in total. The Hall–Kier alpha value is -2.50. The highest BCUT2D eigenvalue weighted by Gasteiger charge is 2.32. The molecular weight excluding hydrogens is 283 g/mol.